The van der Waals surface area contributed by atoms with Crippen LogP contribution in [0.3, 0.4) is 0 Å². The van der Waals surface area contributed by atoms with E-state index < -0.39 is 41.2 Å². The molecule has 0 fully saturated rings. The first-order chi connectivity index (χ1) is 16.3. The van der Waals surface area contributed by atoms with E-state index in [4.69, 9.17) is 4.74 Å². The highest BCUT2D eigenvalue weighted by atomic mass is 19.3. The lowest BCUT2D eigenvalue weighted by atomic mass is 9.96. The van der Waals surface area contributed by atoms with E-state index in [9.17, 15) is 26.3 Å². The molecule has 4 rings (SSSR count). The minimum Gasteiger partial charge on any atom is -0.489 e. The van der Waals surface area contributed by atoms with E-state index in [2.05, 4.69) is 11.3 Å². The Morgan fingerprint density at radius 3 is 2.18 bits per heavy atom. The van der Waals surface area contributed by atoms with Gasteiger partial charge in [-0.25, -0.2) is 17.6 Å². The first-order valence-electron chi connectivity index (χ1n) is 9.98. The highest BCUT2D eigenvalue weighted by molar-refractivity contribution is 5.89. The van der Waals surface area contributed by atoms with E-state index >= 15 is 0 Å². The molecule has 4 aromatic rings. The first-order valence-corrected chi connectivity index (χ1v) is 9.98. The zero-order valence-electron chi connectivity index (χ0n) is 17.4. The van der Waals surface area contributed by atoms with Crippen molar-refractivity contribution in [1.29, 1.82) is 0 Å². The van der Waals surface area contributed by atoms with Gasteiger partial charge in [0.2, 0.25) is 0 Å². The average molecular weight is 474 g/mol. The van der Waals surface area contributed by atoms with Crippen LogP contribution in [0.15, 0.2) is 73.3 Å². The minimum atomic E-state index is -3.20. The molecule has 34 heavy (non-hydrogen) atoms. The van der Waals surface area contributed by atoms with Gasteiger partial charge in [0.25, 0.3) is 0 Å². The standard InChI is InChI=1S/C26H16F6O2/c1-2-9-33-17-5-7-18(20(27)13-17)16-11-21(28)24(22(29)12-16)15-3-6-19-14(10-15)4-8-23(25(19)30)34-26(31)32/h2-8,10-13,26H,1,9H2. The van der Waals surface area contributed by atoms with Gasteiger partial charge in [-0.05, 0) is 52.9 Å². The molecule has 8 heteroatoms. The van der Waals surface area contributed by atoms with E-state index in [0.717, 1.165) is 24.3 Å². The number of benzene rings is 4. The number of ether oxygens (including phenoxy) is 2. The zero-order chi connectivity index (χ0) is 24.4. The van der Waals surface area contributed by atoms with Gasteiger partial charge in [-0.2, -0.15) is 8.78 Å². The molecule has 0 unspecified atom stereocenters. The lowest BCUT2D eigenvalue weighted by Gasteiger charge is -2.12. The van der Waals surface area contributed by atoms with E-state index in [-0.39, 0.29) is 39.8 Å². The van der Waals surface area contributed by atoms with Crippen LogP contribution in [-0.4, -0.2) is 13.2 Å². The van der Waals surface area contributed by atoms with Crippen molar-refractivity contribution in [2.75, 3.05) is 6.61 Å². The number of halogens is 6. The summed E-state index contributed by atoms with van der Waals surface area (Å²) in [4.78, 5) is 0. The van der Waals surface area contributed by atoms with Crippen LogP contribution in [0, 0.1) is 23.3 Å². The molecular formula is C26H16F6O2. The Labute approximate surface area is 190 Å². The second kappa shape index (κ2) is 9.51. The minimum absolute atomic E-state index is 0.0212. The van der Waals surface area contributed by atoms with Crippen molar-refractivity contribution in [3.8, 4) is 33.8 Å². The number of fused-ring (bicyclic) bond motifs is 1. The van der Waals surface area contributed by atoms with E-state index in [1.807, 2.05) is 0 Å². The van der Waals surface area contributed by atoms with Crippen LogP contribution in [0.2, 0.25) is 0 Å². The Kier molecular flexibility index (Phi) is 6.49. The maximum absolute atomic E-state index is 15.0. The van der Waals surface area contributed by atoms with Gasteiger partial charge >= 0.3 is 6.61 Å². The van der Waals surface area contributed by atoms with Crippen molar-refractivity contribution in [2.45, 2.75) is 6.61 Å². The normalized spacial score (nSPS) is 11.1. The highest BCUT2D eigenvalue weighted by Crippen LogP contribution is 2.36. The number of rotatable bonds is 7. The third kappa shape index (κ3) is 4.57. The Bertz CT molecular complexity index is 1360. The zero-order valence-corrected chi connectivity index (χ0v) is 17.4. The van der Waals surface area contributed by atoms with Crippen LogP contribution in [0.4, 0.5) is 26.3 Å². The molecule has 0 saturated heterocycles. The van der Waals surface area contributed by atoms with Crippen molar-refractivity contribution in [2.24, 2.45) is 0 Å². The number of hydrogen-bond acceptors (Lipinski definition) is 2. The van der Waals surface area contributed by atoms with Crippen LogP contribution < -0.4 is 9.47 Å². The molecule has 0 saturated carbocycles. The molecule has 174 valence electrons. The van der Waals surface area contributed by atoms with Gasteiger partial charge < -0.3 is 9.47 Å². The molecule has 0 bridgehead atoms. The van der Waals surface area contributed by atoms with Gasteiger partial charge in [0, 0.05) is 17.0 Å². The predicted molar refractivity (Wildman–Crippen MR) is 117 cm³/mol. The number of alkyl halides is 2. The van der Waals surface area contributed by atoms with Crippen LogP contribution in [0.25, 0.3) is 33.0 Å². The van der Waals surface area contributed by atoms with Crippen LogP contribution in [0.1, 0.15) is 0 Å². The molecule has 0 aliphatic carbocycles. The average Bonchev–Trinajstić information content (AvgIpc) is 2.79. The Morgan fingerprint density at radius 2 is 1.53 bits per heavy atom. The number of hydrogen-bond donors (Lipinski definition) is 0. The van der Waals surface area contributed by atoms with Gasteiger partial charge in [-0.15, -0.1) is 0 Å². The summed E-state index contributed by atoms with van der Waals surface area (Å²) < 4.78 is 93.1. The lowest BCUT2D eigenvalue weighted by molar-refractivity contribution is -0.0520. The van der Waals surface area contributed by atoms with E-state index in [1.165, 1.54) is 42.5 Å². The molecule has 0 aliphatic heterocycles. The molecule has 0 aromatic heterocycles. The smallest absolute Gasteiger partial charge is 0.387 e. The van der Waals surface area contributed by atoms with Gasteiger partial charge in [-0.3, -0.25) is 0 Å². The monoisotopic (exact) mass is 474 g/mol. The SMILES string of the molecule is C=CCOc1ccc(-c2cc(F)c(-c3ccc4c(F)c(OC(F)F)ccc4c3)c(F)c2)c(F)c1. The molecule has 0 amide bonds. The summed E-state index contributed by atoms with van der Waals surface area (Å²) in [6, 6.07) is 12.0. The Hall–Kier alpha value is -3.94. The largest absolute Gasteiger partial charge is 0.489 e. The van der Waals surface area contributed by atoms with Crippen LogP contribution in [0.5, 0.6) is 11.5 Å². The van der Waals surface area contributed by atoms with Gasteiger partial charge in [0.05, 0.1) is 5.56 Å². The Morgan fingerprint density at radius 1 is 0.794 bits per heavy atom. The maximum Gasteiger partial charge on any atom is 0.387 e. The lowest BCUT2D eigenvalue weighted by Crippen LogP contribution is -2.03. The van der Waals surface area contributed by atoms with E-state index in [1.54, 1.807) is 0 Å². The molecule has 0 atom stereocenters. The fourth-order valence-electron chi connectivity index (χ4n) is 3.59. The first kappa shape index (κ1) is 23.2. The van der Waals surface area contributed by atoms with Crippen molar-refractivity contribution in [3.63, 3.8) is 0 Å². The summed E-state index contributed by atoms with van der Waals surface area (Å²) in [6.45, 7) is 0.471. The van der Waals surface area contributed by atoms with Crippen molar-refractivity contribution in [1.82, 2.24) is 0 Å². The summed E-state index contributed by atoms with van der Waals surface area (Å²) in [5.41, 5.74) is -0.357. The van der Waals surface area contributed by atoms with E-state index in [0.29, 0.717) is 0 Å². The van der Waals surface area contributed by atoms with Crippen molar-refractivity contribution >= 4 is 10.8 Å². The Balaban J connectivity index is 1.71. The summed E-state index contributed by atoms with van der Waals surface area (Å²) in [7, 11) is 0. The second-order valence-electron chi connectivity index (χ2n) is 7.25. The van der Waals surface area contributed by atoms with Crippen molar-refractivity contribution < 1.29 is 35.8 Å². The van der Waals surface area contributed by atoms with Gasteiger partial charge in [0.15, 0.2) is 11.6 Å². The summed E-state index contributed by atoms with van der Waals surface area (Å²) in [6.07, 6.45) is 1.49. The van der Waals surface area contributed by atoms with Crippen molar-refractivity contribution in [3.05, 3.63) is 96.6 Å². The van der Waals surface area contributed by atoms with Gasteiger partial charge in [0.1, 0.15) is 29.8 Å². The molecule has 0 aliphatic rings. The predicted octanol–water partition coefficient (Wildman–Crippen LogP) is 7.90. The highest BCUT2D eigenvalue weighted by Gasteiger charge is 2.18. The fourth-order valence-corrected chi connectivity index (χ4v) is 3.59. The molecular weight excluding hydrogens is 458 g/mol. The quantitative estimate of drug-likeness (QED) is 0.200. The molecule has 0 radical (unpaired) electrons. The van der Waals surface area contributed by atoms with Gasteiger partial charge in [-0.1, -0.05) is 30.9 Å². The molecule has 4 aromatic carbocycles. The summed E-state index contributed by atoms with van der Waals surface area (Å²) in [5.74, 6) is -4.06. The maximum atomic E-state index is 15.0. The summed E-state index contributed by atoms with van der Waals surface area (Å²) in [5, 5.41) is 0.167. The molecule has 0 spiro atoms. The molecule has 0 heterocycles. The molecule has 0 N–H and O–H groups in total. The second-order valence-corrected chi connectivity index (χ2v) is 7.25. The van der Waals surface area contributed by atoms with Crippen LogP contribution >= 0.6 is 0 Å². The topological polar surface area (TPSA) is 18.5 Å². The third-order valence-electron chi connectivity index (χ3n) is 5.08. The van der Waals surface area contributed by atoms with Crippen LogP contribution in [-0.2, 0) is 0 Å². The third-order valence-corrected chi connectivity index (χ3v) is 5.08. The fraction of sp³-hybridized carbons (Fsp3) is 0.0769. The summed E-state index contributed by atoms with van der Waals surface area (Å²) >= 11 is 0. The molecule has 2 nitrogen and oxygen atoms in total.